The van der Waals surface area contributed by atoms with Gasteiger partial charge in [0, 0.05) is 45.3 Å². The average molecular weight is 380 g/mol. The van der Waals surface area contributed by atoms with Crippen LogP contribution in [0.5, 0.6) is 0 Å². The zero-order valence-electron chi connectivity index (χ0n) is 14.8. The van der Waals surface area contributed by atoms with Crippen molar-refractivity contribution in [1.29, 1.82) is 0 Å². The van der Waals surface area contributed by atoms with E-state index < -0.39 is 18.3 Å². The molecule has 7 nitrogen and oxygen atoms in total. The summed E-state index contributed by atoms with van der Waals surface area (Å²) in [6.07, 6.45) is 1.52. The van der Waals surface area contributed by atoms with E-state index in [0.29, 0.717) is 17.1 Å². The van der Waals surface area contributed by atoms with Crippen molar-refractivity contribution in [3.63, 3.8) is 0 Å². The Labute approximate surface area is 151 Å². The minimum atomic E-state index is -1.60. The number of hydrogen-bond donors (Lipinski definition) is 1. The van der Waals surface area contributed by atoms with Gasteiger partial charge in [0.05, 0.1) is 5.70 Å². The van der Waals surface area contributed by atoms with Gasteiger partial charge in [0.15, 0.2) is 8.32 Å². The van der Waals surface area contributed by atoms with Gasteiger partial charge in [-0.15, -0.1) is 6.58 Å². The lowest BCUT2D eigenvalue weighted by molar-refractivity contribution is -0.117. The van der Waals surface area contributed by atoms with Crippen molar-refractivity contribution in [3.05, 3.63) is 35.4 Å². The lowest BCUT2D eigenvalue weighted by atomic mass is 10.0. The van der Waals surface area contributed by atoms with Gasteiger partial charge in [-0.05, 0) is 13.1 Å². The molecular formula is C16H25N3O4Si2. The Morgan fingerprint density at radius 1 is 1.08 bits per heavy atom. The van der Waals surface area contributed by atoms with E-state index in [1.54, 1.807) is 0 Å². The first-order valence-corrected chi connectivity index (χ1v) is 12.8. The number of nitrogens with zero attached hydrogens (tertiary/aromatic N) is 3. The predicted molar refractivity (Wildman–Crippen MR) is 99.4 cm³/mol. The third-order valence-corrected chi connectivity index (χ3v) is 8.89. The van der Waals surface area contributed by atoms with Crippen LogP contribution in [-0.2, 0) is 13.7 Å². The number of Topliss-reactive ketones (excluding diaryl/α,β-unsaturated/α-hetero) is 1. The summed E-state index contributed by atoms with van der Waals surface area (Å²) in [7, 11) is -2.81. The lowest BCUT2D eigenvalue weighted by Crippen LogP contribution is -2.29. The van der Waals surface area contributed by atoms with Gasteiger partial charge in [-0.3, -0.25) is 9.59 Å². The number of rotatable bonds is 6. The molecule has 3 fully saturated rings. The molecule has 0 aromatic rings. The highest BCUT2D eigenvalue weighted by molar-refractivity contribution is 6.79. The van der Waals surface area contributed by atoms with Crippen LogP contribution in [0.15, 0.2) is 35.4 Å². The van der Waals surface area contributed by atoms with Crippen molar-refractivity contribution in [2.45, 2.75) is 13.1 Å². The Balaban J connectivity index is 0.000000197. The highest BCUT2D eigenvalue weighted by Gasteiger charge is 2.43. The summed E-state index contributed by atoms with van der Waals surface area (Å²) in [6, 6.07) is 0. The minimum Gasteiger partial charge on any atom is -0.437 e. The molecule has 4 rings (SSSR count). The van der Waals surface area contributed by atoms with E-state index >= 15 is 0 Å². The summed E-state index contributed by atoms with van der Waals surface area (Å²) in [4.78, 5) is 38.9. The van der Waals surface area contributed by atoms with Crippen molar-refractivity contribution in [2.75, 3.05) is 39.3 Å². The summed E-state index contributed by atoms with van der Waals surface area (Å²) >= 11 is 0. The molecule has 0 amide bonds. The molecule has 1 N–H and O–H groups in total. The van der Waals surface area contributed by atoms with E-state index in [2.05, 4.69) is 6.58 Å². The Morgan fingerprint density at radius 2 is 1.60 bits per heavy atom. The van der Waals surface area contributed by atoms with E-state index in [9.17, 15) is 9.59 Å². The maximum atomic E-state index is 12.4. The average Bonchev–Trinajstić information content (AvgIpc) is 3.38. The van der Waals surface area contributed by atoms with Gasteiger partial charge < -0.3 is 23.6 Å². The second kappa shape index (κ2) is 6.91. The van der Waals surface area contributed by atoms with Crippen LogP contribution in [0.4, 0.5) is 0 Å². The summed E-state index contributed by atoms with van der Waals surface area (Å²) in [6.45, 7) is 13.0. The molecule has 136 valence electrons. The molecule has 25 heavy (non-hydrogen) atoms. The Hall–Kier alpha value is -1.69. The van der Waals surface area contributed by atoms with Gasteiger partial charge in [-0.2, -0.15) is 0 Å². The van der Waals surface area contributed by atoms with Gasteiger partial charge in [0.1, 0.15) is 11.4 Å². The summed E-state index contributed by atoms with van der Waals surface area (Å²) in [5, 5.41) is 0. The zero-order valence-corrected chi connectivity index (χ0v) is 17.2. The van der Waals surface area contributed by atoms with Crippen LogP contribution in [0.25, 0.3) is 0 Å². The van der Waals surface area contributed by atoms with Gasteiger partial charge in [0.2, 0.25) is 11.6 Å². The van der Waals surface area contributed by atoms with Crippen LogP contribution < -0.4 is 0 Å². The summed E-state index contributed by atoms with van der Waals surface area (Å²) in [5.74, 6) is 0.0485. The van der Waals surface area contributed by atoms with Crippen LogP contribution >= 0.6 is 0 Å². The molecule has 9 heteroatoms. The van der Waals surface area contributed by atoms with Crippen LogP contribution in [-0.4, -0.2) is 88.7 Å². The first kappa shape index (κ1) is 18.1. The minimum absolute atomic E-state index is 0.00546. The SMILES string of the molecule is C=C[Si](C)(C)O[SiH2]O.O=C1C=C(N2CC2)C(=O)C(N2CC2)=C1N1CC1. The smallest absolute Gasteiger partial charge is 0.291 e. The molecule has 3 heterocycles. The number of hydrogen-bond acceptors (Lipinski definition) is 7. The summed E-state index contributed by atoms with van der Waals surface area (Å²) < 4.78 is 5.09. The quantitative estimate of drug-likeness (QED) is 0.364. The molecule has 0 unspecified atom stereocenters. The Bertz CT molecular complexity index is 662. The van der Waals surface area contributed by atoms with Crippen molar-refractivity contribution in [1.82, 2.24) is 14.7 Å². The standard InChI is InChI=1S/C12H13N3O2.C4H12O2Si2/c16-9-7-8(13-1-2-13)12(17)11(15-5-6-15)10(9)14-3-4-14;1-4-8(2,3)6-7-5/h7H,1-6H2;4-5H,1,7H2,2-3H3. The first-order valence-electron chi connectivity index (χ1n) is 8.56. The van der Waals surface area contributed by atoms with Crippen LogP contribution in [0.2, 0.25) is 13.1 Å². The highest BCUT2D eigenvalue weighted by Crippen LogP contribution is 2.33. The highest BCUT2D eigenvalue weighted by atomic mass is 28.4. The summed E-state index contributed by atoms with van der Waals surface area (Å²) in [5.41, 5.74) is 3.70. The Kier molecular flexibility index (Phi) is 5.00. The van der Waals surface area contributed by atoms with E-state index in [-0.39, 0.29) is 11.6 Å². The molecule has 0 radical (unpaired) electrons. The van der Waals surface area contributed by atoms with E-state index in [0.717, 1.165) is 39.3 Å². The fraction of sp³-hybridized carbons (Fsp3) is 0.500. The van der Waals surface area contributed by atoms with Gasteiger partial charge in [0.25, 0.3) is 10.0 Å². The van der Waals surface area contributed by atoms with Gasteiger partial charge in [-0.1, -0.05) is 5.70 Å². The van der Waals surface area contributed by atoms with Gasteiger partial charge >= 0.3 is 0 Å². The normalized spacial score (nSPS) is 22.2. The molecule has 0 bridgehead atoms. The van der Waals surface area contributed by atoms with Crippen LogP contribution in [0.3, 0.4) is 0 Å². The number of ketones is 2. The fourth-order valence-electron chi connectivity index (χ4n) is 2.50. The largest absolute Gasteiger partial charge is 0.437 e. The van der Waals surface area contributed by atoms with Crippen molar-refractivity contribution in [2.24, 2.45) is 0 Å². The van der Waals surface area contributed by atoms with Crippen molar-refractivity contribution < 1.29 is 18.5 Å². The van der Waals surface area contributed by atoms with Crippen LogP contribution in [0, 0.1) is 0 Å². The molecule has 0 aromatic carbocycles. The second-order valence-electron chi connectivity index (χ2n) is 6.96. The lowest BCUT2D eigenvalue weighted by Gasteiger charge is -2.21. The van der Waals surface area contributed by atoms with Gasteiger partial charge in [-0.25, -0.2) is 0 Å². The molecule has 1 aliphatic carbocycles. The molecule has 0 saturated carbocycles. The van der Waals surface area contributed by atoms with Crippen molar-refractivity contribution in [3.8, 4) is 0 Å². The molecule has 4 aliphatic rings. The van der Waals surface area contributed by atoms with E-state index in [1.165, 1.54) is 6.08 Å². The maximum Gasteiger partial charge on any atom is 0.291 e. The Morgan fingerprint density at radius 3 is 2.00 bits per heavy atom. The molecule has 3 saturated heterocycles. The third kappa shape index (κ3) is 4.29. The predicted octanol–water partition coefficient (Wildman–Crippen LogP) is -0.895. The maximum absolute atomic E-state index is 12.4. The number of carbonyl (C=O) groups excluding carboxylic acids is 2. The number of allylic oxidation sites excluding steroid dienone is 1. The first-order chi connectivity index (χ1) is 11.9. The molecule has 3 aliphatic heterocycles. The fourth-order valence-corrected chi connectivity index (χ4v) is 4.30. The molecule has 0 spiro atoms. The van der Waals surface area contributed by atoms with E-state index in [4.69, 9.17) is 8.91 Å². The topological polar surface area (TPSA) is 72.6 Å². The second-order valence-corrected chi connectivity index (χ2v) is 12.0. The third-order valence-electron chi connectivity index (χ3n) is 4.42. The molecule has 0 aromatic heterocycles. The van der Waals surface area contributed by atoms with E-state index in [1.807, 2.05) is 33.5 Å². The monoisotopic (exact) mass is 379 g/mol. The van der Waals surface area contributed by atoms with Crippen molar-refractivity contribution >= 4 is 29.9 Å². The zero-order chi connectivity index (χ0) is 18.2. The molecular weight excluding hydrogens is 354 g/mol. The number of carbonyl (C=O) groups is 2. The van der Waals surface area contributed by atoms with Crippen LogP contribution in [0.1, 0.15) is 0 Å². The molecule has 0 atom stereocenters.